The van der Waals surface area contributed by atoms with Crippen LogP contribution in [0.5, 0.6) is 0 Å². The fourth-order valence-corrected chi connectivity index (χ4v) is 0.402. The lowest BCUT2D eigenvalue weighted by molar-refractivity contribution is -0.139. The molecule has 5 heteroatoms. The molecule has 0 fully saturated rings. The van der Waals surface area contributed by atoms with E-state index in [2.05, 4.69) is 0 Å². The van der Waals surface area contributed by atoms with Crippen molar-refractivity contribution < 1.29 is 19.8 Å². The summed E-state index contributed by atoms with van der Waals surface area (Å²) in [6.07, 6.45) is -0.224. The van der Waals surface area contributed by atoms with Crippen LogP contribution in [-0.2, 0) is 9.59 Å². The predicted molar refractivity (Wildman–Crippen MR) is 32.5 cm³/mol. The molecule has 58 valence electrons. The molecule has 0 saturated heterocycles. The second-order valence-corrected chi connectivity index (χ2v) is 1.88. The Morgan fingerprint density at radius 1 is 1.40 bits per heavy atom. The molecule has 0 amide bonds. The average molecular weight is 151 g/mol. The summed E-state index contributed by atoms with van der Waals surface area (Å²) in [4.78, 5) is 19.9. The van der Waals surface area contributed by atoms with Crippen LogP contribution in [0.4, 0.5) is 0 Å². The molecular formula is C5H9NO4. The van der Waals surface area contributed by atoms with Crippen molar-refractivity contribution in [2.75, 3.05) is 0 Å². The van der Waals surface area contributed by atoms with Crippen LogP contribution in [0.15, 0.2) is 0 Å². The Bertz CT molecular complexity index is 145. The Morgan fingerprint density at radius 3 is 2.20 bits per heavy atom. The molecule has 0 aliphatic rings. The Balaban J connectivity index is 3.49. The molecule has 5 nitrogen and oxygen atoms in total. The second kappa shape index (κ2) is 3.84. The molecule has 0 aromatic heterocycles. The summed E-state index contributed by atoms with van der Waals surface area (Å²) in [6.45, 7) is 0. The summed E-state index contributed by atoms with van der Waals surface area (Å²) in [5.41, 5.74) is 5.00. The van der Waals surface area contributed by atoms with Crippen molar-refractivity contribution in [1.29, 1.82) is 0 Å². The Labute approximate surface area is 57.5 Å². The van der Waals surface area contributed by atoms with Crippen molar-refractivity contribution >= 4 is 11.9 Å². The normalized spacial score (nSPS) is 12.5. The van der Waals surface area contributed by atoms with Gasteiger partial charge in [-0.25, -0.2) is 0 Å². The van der Waals surface area contributed by atoms with Gasteiger partial charge in [0.25, 0.3) is 0 Å². The largest absolute Gasteiger partial charge is 0.481 e. The fourth-order valence-electron chi connectivity index (χ4n) is 0.402. The molecule has 4 N–H and O–H groups in total. The molecule has 0 bridgehead atoms. The predicted octanol–water partition coefficient (Wildman–Crippen LogP) is -0.737. The number of carboxylic acid groups (broad SMARTS) is 2. The zero-order chi connectivity index (χ0) is 8.15. The third-order valence-electron chi connectivity index (χ3n) is 0.986. The van der Waals surface area contributed by atoms with Crippen molar-refractivity contribution in [3.63, 3.8) is 0 Å². The van der Waals surface area contributed by atoms with E-state index >= 15 is 0 Å². The number of aliphatic carboxylic acids is 2. The van der Waals surface area contributed by atoms with Crippen LogP contribution < -0.4 is 5.73 Å². The van der Waals surface area contributed by atoms with Gasteiger partial charge in [-0.15, -0.1) is 0 Å². The second-order valence-electron chi connectivity index (χ2n) is 1.88. The lowest BCUT2D eigenvalue weighted by Crippen LogP contribution is -2.30. The summed E-state index contributed by atoms with van der Waals surface area (Å²) in [5.74, 6) is -2.20. The van der Waals surface area contributed by atoms with Crippen LogP contribution in [-0.4, -0.2) is 28.2 Å². The quantitative estimate of drug-likeness (QED) is 0.491. The first-order chi connectivity index (χ1) is 4.54. The number of carboxylic acids is 2. The molecule has 0 aromatic rings. The third-order valence-corrected chi connectivity index (χ3v) is 0.986. The lowest BCUT2D eigenvalue weighted by atomic mass is 10.4. The monoisotopic (exact) mass is 151 g/mol. The summed E-state index contributed by atoms with van der Waals surface area (Å²) in [6, 6.07) is -1.06. The fraction of sp³-hybridized carbons (Fsp3) is 0.600. The molecule has 0 aliphatic heterocycles. The average Bonchev–Trinajstić information content (AvgIpc) is 1.82. The van der Waals surface area contributed by atoms with E-state index in [9.17, 15) is 9.59 Å². The molecule has 0 aliphatic carbocycles. The summed E-state index contributed by atoms with van der Waals surface area (Å²) < 4.78 is 0. The zero-order valence-corrected chi connectivity index (χ0v) is 5.28. The van der Waals surface area contributed by atoms with Crippen LogP contribution >= 0.6 is 0 Å². The van der Waals surface area contributed by atoms with Crippen LogP contribution in [0.25, 0.3) is 0 Å². The van der Waals surface area contributed by atoms with E-state index in [0.29, 0.717) is 0 Å². The molecule has 0 spiro atoms. The maximum atomic E-state index is 9.99. The molecule has 1 atom stereocenters. The molecule has 0 aromatic carbocycles. The number of carbonyl (C=O) groups is 2. The standard InChI is InChI=1S/C5H9NO4/c6-3(5(9)10)1-2-4(7)8/h3H,1-2,6H2,(H,7,8)(H,9,10)/t3-/m0/s1/i4+2,5+2. The maximum absolute atomic E-state index is 9.99. The van der Waals surface area contributed by atoms with Crippen LogP contribution in [0.1, 0.15) is 12.8 Å². The van der Waals surface area contributed by atoms with E-state index in [0.717, 1.165) is 0 Å². The summed E-state index contributed by atoms with van der Waals surface area (Å²) >= 11 is 0. The van der Waals surface area contributed by atoms with Gasteiger partial charge >= 0.3 is 11.9 Å². The highest BCUT2D eigenvalue weighted by Gasteiger charge is 2.12. The SMILES string of the molecule is N[C@@H](CC[14C](=O)O)[14C](=O)O. The lowest BCUT2D eigenvalue weighted by Gasteiger charge is -2.01. The molecule has 0 radical (unpaired) electrons. The summed E-state index contributed by atoms with van der Waals surface area (Å²) in [5, 5.41) is 16.3. The number of hydrogen-bond donors (Lipinski definition) is 3. The van der Waals surface area contributed by atoms with E-state index in [1.54, 1.807) is 0 Å². The van der Waals surface area contributed by atoms with Crippen LogP contribution in [0.3, 0.4) is 0 Å². The van der Waals surface area contributed by atoms with Gasteiger partial charge in [0.2, 0.25) is 0 Å². The van der Waals surface area contributed by atoms with Gasteiger partial charge in [-0.2, -0.15) is 0 Å². The van der Waals surface area contributed by atoms with Crippen LogP contribution in [0.2, 0.25) is 0 Å². The number of nitrogens with two attached hydrogens (primary N) is 1. The highest BCUT2D eigenvalue weighted by Crippen LogP contribution is 1.93. The smallest absolute Gasteiger partial charge is 0.320 e. The van der Waals surface area contributed by atoms with Gasteiger partial charge in [-0.05, 0) is 6.42 Å². The van der Waals surface area contributed by atoms with E-state index in [1.165, 1.54) is 0 Å². The maximum Gasteiger partial charge on any atom is 0.320 e. The van der Waals surface area contributed by atoms with E-state index in [4.69, 9.17) is 15.9 Å². The van der Waals surface area contributed by atoms with Crippen molar-refractivity contribution in [3.05, 3.63) is 0 Å². The first-order valence-corrected chi connectivity index (χ1v) is 2.74. The van der Waals surface area contributed by atoms with Crippen molar-refractivity contribution in [3.8, 4) is 0 Å². The van der Waals surface area contributed by atoms with Crippen LogP contribution in [0, 0.1) is 0 Å². The topological polar surface area (TPSA) is 101 Å². The Morgan fingerprint density at radius 2 is 1.90 bits per heavy atom. The molecule has 0 saturated carbocycles. The third kappa shape index (κ3) is 3.85. The van der Waals surface area contributed by atoms with Gasteiger partial charge in [0.15, 0.2) is 0 Å². The van der Waals surface area contributed by atoms with Crippen molar-refractivity contribution in [2.24, 2.45) is 5.73 Å². The number of rotatable bonds is 4. The van der Waals surface area contributed by atoms with E-state index in [-0.39, 0.29) is 12.8 Å². The minimum Gasteiger partial charge on any atom is -0.481 e. The Hall–Kier alpha value is -1.10. The Kier molecular flexibility index (Phi) is 3.42. The van der Waals surface area contributed by atoms with Gasteiger partial charge in [0.1, 0.15) is 6.04 Å². The highest BCUT2D eigenvalue weighted by molar-refractivity contribution is 5.74. The molecule has 0 heterocycles. The van der Waals surface area contributed by atoms with Gasteiger partial charge in [0.05, 0.1) is 0 Å². The van der Waals surface area contributed by atoms with E-state index in [1.807, 2.05) is 0 Å². The summed E-state index contributed by atoms with van der Waals surface area (Å²) in [7, 11) is 0. The van der Waals surface area contributed by atoms with Gasteiger partial charge in [-0.3, -0.25) is 9.59 Å². The van der Waals surface area contributed by atoms with Crippen molar-refractivity contribution in [2.45, 2.75) is 18.9 Å². The molecule has 0 unspecified atom stereocenters. The van der Waals surface area contributed by atoms with Gasteiger partial charge in [-0.1, -0.05) is 0 Å². The number of hydrogen-bond acceptors (Lipinski definition) is 3. The molecular weight excluding hydrogens is 142 g/mol. The van der Waals surface area contributed by atoms with E-state index < -0.39 is 18.0 Å². The minimum absolute atomic E-state index is 0.0231. The minimum atomic E-state index is -1.17. The first kappa shape index (κ1) is 8.90. The first-order valence-electron chi connectivity index (χ1n) is 2.74. The highest BCUT2D eigenvalue weighted by atomic mass is 16.6. The molecule has 0 rings (SSSR count). The molecule has 10 heavy (non-hydrogen) atoms. The van der Waals surface area contributed by atoms with Crippen molar-refractivity contribution in [1.82, 2.24) is 0 Å². The zero-order valence-electron chi connectivity index (χ0n) is 5.28. The van der Waals surface area contributed by atoms with Gasteiger partial charge < -0.3 is 15.9 Å². The van der Waals surface area contributed by atoms with Gasteiger partial charge in [0, 0.05) is 6.42 Å².